The molecular weight excluding hydrogens is 338 g/mol. The highest BCUT2D eigenvalue weighted by Crippen LogP contribution is 2.27. The number of ether oxygens (including phenoxy) is 1. The smallest absolute Gasteiger partial charge is 0.270 e. The molecule has 2 aromatic rings. The highest BCUT2D eigenvalue weighted by molar-refractivity contribution is 6.02. The monoisotopic (exact) mass is 355 g/mol. The number of carbonyl (C=O) groups excluding carboxylic acids is 2. The summed E-state index contributed by atoms with van der Waals surface area (Å²) in [5.74, 6) is -0.224. The quantitative estimate of drug-likeness (QED) is 0.469. The Balaban J connectivity index is 2.11. The first kappa shape index (κ1) is 18.7. The first-order chi connectivity index (χ1) is 12.4. The lowest BCUT2D eigenvalue weighted by Gasteiger charge is -2.11. The molecule has 2 N–H and O–H groups in total. The molecule has 0 aliphatic heterocycles. The standard InChI is InChI=1S/C18H17N3O5/c1-12(22)19-16-11-14(7-8-17(16)26-2)20-18(23)9-6-13-4-3-5-15(10-13)21(24)25/h3-11H,1-2H3,(H,19,22)(H,20,23)/b9-6+. The van der Waals surface area contributed by atoms with Crippen molar-refractivity contribution >= 4 is 35.0 Å². The zero-order valence-electron chi connectivity index (χ0n) is 14.2. The third-order valence-electron chi connectivity index (χ3n) is 3.29. The molecule has 0 spiro atoms. The lowest BCUT2D eigenvalue weighted by Crippen LogP contribution is -2.10. The van der Waals surface area contributed by atoms with Crippen LogP contribution in [0.3, 0.4) is 0 Å². The van der Waals surface area contributed by atoms with Crippen molar-refractivity contribution < 1.29 is 19.2 Å². The minimum atomic E-state index is -0.502. The van der Waals surface area contributed by atoms with Crippen molar-refractivity contribution in [2.45, 2.75) is 6.92 Å². The van der Waals surface area contributed by atoms with Crippen LogP contribution in [0.15, 0.2) is 48.5 Å². The fourth-order valence-corrected chi connectivity index (χ4v) is 2.17. The number of benzene rings is 2. The minimum Gasteiger partial charge on any atom is -0.495 e. The van der Waals surface area contributed by atoms with E-state index >= 15 is 0 Å². The van der Waals surface area contributed by atoms with Crippen molar-refractivity contribution in [3.63, 3.8) is 0 Å². The van der Waals surface area contributed by atoms with Gasteiger partial charge in [-0.2, -0.15) is 0 Å². The van der Waals surface area contributed by atoms with Gasteiger partial charge in [-0.1, -0.05) is 12.1 Å². The topological polar surface area (TPSA) is 111 Å². The van der Waals surface area contributed by atoms with Crippen LogP contribution in [0, 0.1) is 10.1 Å². The van der Waals surface area contributed by atoms with Crippen LogP contribution in [0.5, 0.6) is 5.75 Å². The number of hydrogen-bond donors (Lipinski definition) is 2. The summed E-state index contributed by atoms with van der Waals surface area (Å²) in [6.45, 7) is 1.37. The van der Waals surface area contributed by atoms with Crippen molar-refractivity contribution in [2.24, 2.45) is 0 Å². The SMILES string of the molecule is COc1ccc(NC(=O)/C=C/c2cccc([N+](=O)[O-])c2)cc1NC(C)=O. The average Bonchev–Trinajstić information content (AvgIpc) is 2.60. The molecule has 0 atom stereocenters. The molecule has 2 rings (SSSR count). The number of anilines is 2. The van der Waals surface area contributed by atoms with E-state index in [-0.39, 0.29) is 11.6 Å². The largest absolute Gasteiger partial charge is 0.495 e. The number of rotatable bonds is 6. The molecule has 134 valence electrons. The Hall–Kier alpha value is -3.68. The van der Waals surface area contributed by atoms with Crippen LogP contribution in [-0.4, -0.2) is 23.8 Å². The number of hydrogen-bond acceptors (Lipinski definition) is 5. The number of nitrogens with one attached hydrogen (secondary N) is 2. The Morgan fingerprint density at radius 1 is 1.15 bits per heavy atom. The van der Waals surface area contributed by atoms with Gasteiger partial charge in [0.05, 0.1) is 17.7 Å². The number of nitro groups is 1. The molecule has 0 aliphatic rings. The Kier molecular flexibility index (Phi) is 6.05. The molecule has 26 heavy (non-hydrogen) atoms. The fraction of sp³-hybridized carbons (Fsp3) is 0.111. The van der Waals surface area contributed by atoms with Gasteiger partial charge in [-0.15, -0.1) is 0 Å². The summed E-state index contributed by atoms with van der Waals surface area (Å²) >= 11 is 0. The van der Waals surface area contributed by atoms with E-state index in [1.54, 1.807) is 30.3 Å². The Morgan fingerprint density at radius 2 is 1.92 bits per heavy atom. The van der Waals surface area contributed by atoms with Crippen molar-refractivity contribution in [3.8, 4) is 5.75 Å². The van der Waals surface area contributed by atoms with Gasteiger partial charge in [0.25, 0.3) is 5.69 Å². The van der Waals surface area contributed by atoms with E-state index in [0.29, 0.717) is 22.7 Å². The van der Waals surface area contributed by atoms with Gasteiger partial charge >= 0.3 is 0 Å². The first-order valence-corrected chi connectivity index (χ1v) is 7.58. The van der Waals surface area contributed by atoms with E-state index in [4.69, 9.17) is 4.74 Å². The van der Waals surface area contributed by atoms with Crippen LogP contribution in [0.4, 0.5) is 17.1 Å². The third-order valence-corrected chi connectivity index (χ3v) is 3.29. The predicted molar refractivity (Wildman–Crippen MR) is 98.1 cm³/mol. The number of carbonyl (C=O) groups is 2. The van der Waals surface area contributed by atoms with Gasteiger partial charge in [0.15, 0.2) is 0 Å². The number of nitro benzene ring substituents is 1. The zero-order valence-corrected chi connectivity index (χ0v) is 14.2. The van der Waals surface area contributed by atoms with Crippen LogP contribution in [0.1, 0.15) is 12.5 Å². The minimum absolute atomic E-state index is 0.0531. The van der Waals surface area contributed by atoms with Crippen molar-refractivity contribution in [2.75, 3.05) is 17.7 Å². The zero-order chi connectivity index (χ0) is 19.1. The summed E-state index contributed by atoms with van der Waals surface area (Å²) in [7, 11) is 1.47. The van der Waals surface area contributed by atoms with Crippen molar-refractivity contribution in [3.05, 3.63) is 64.2 Å². The molecular formula is C18H17N3O5. The van der Waals surface area contributed by atoms with Crippen LogP contribution < -0.4 is 15.4 Å². The maximum absolute atomic E-state index is 12.0. The molecule has 2 amide bonds. The Morgan fingerprint density at radius 3 is 2.58 bits per heavy atom. The second kappa shape index (κ2) is 8.43. The molecule has 8 nitrogen and oxygen atoms in total. The molecule has 0 heterocycles. The summed E-state index contributed by atoms with van der Waals surface area (Å²) in [6, 6.07) is 10.7. The highest BCUT2D eigenvalue weighted by atomic mass is 16.6. The normalized spacial score (nSPS) is 10.4. The van der Waals surface area contributed by atoms with Crippen LogP contribution in [-0.2, 0) is 9.59 Å². The van der Waals surface area contributed by atoms with E-state index in [1.807, 2.05) is 0 Å². The second-order valence-corrected chi connectivity index (χ2v) is 5.27. The molecule has 0 bridgehead atoms. The molecule has 0 radical (unpaired) electrons. The second-order valence-electron chi connectivity index (χ2n) is 5.27. The van der Waals surface area contributed by atoms with Crippen molar-refractivity contribution in [1.82, 2.24) is 0 Å². The molecule has 2 aromatic carbocycles. The Labute approximate surface area is 149 Å². The van der Waals surface area contributed by atoms with Gasteiger partial charge in [0.1, 0.15) is 5.75 Å². The maximum Gasteiger partial charge on any atom is 0.270 e. The fourth-order valence-electron chi connectivity index (χ4n) is 2.17. The number of nitrogens with zero attached hydrogens (tertiary/aromatic N) is 1. The lowest BCUT2D eigenvalue weighted by molar-refractivity contribution is -0.384. The first-order valence-electron chi connectivity index (χ1n) is 7.58. The van der Waals surface area contributed by atoms with E-state index in [2.05, 4.69) is 10.6 Å². The van der Waals surface area contributed by atoms with Crippen molar-refractivity contribution in [1.29, 1.82) is 0 Å². The van der Waals surface area contributed by atoms with Gasteiger partial charge in [0, 0.05) is 30.8 Å². The maximum atomic E-state index is 12.0. The van der Waals surface area contributed by atoms with E-state index in [1.165, 1.54) is 38.3 Å². The van der Waals surface area contributed by atoms with Gasteiger partial charge in [-0.05, 0) is 29.8 Å². The number of methoxy groups -OCH3 is 1. The average molecular weight is 355 g/mol. The summed E-state index contributed by atoms with van der Waals surface area (Å²) < 4.78 is 5.15. The highest BCUT2D eigenvalue weighted by Gasteiger charge is 2.08. The van der Waals surface area contributed by atoms with Gasteiger partial charge in [-0.3, -0.25) is 19.7 Å². The number of non-ortho nitro benzene ring substituents is 1. The molecule has 0 saturated carbocycles. The molecule has 0 unspecified atom stereocenters. The summed E-state index contributed by atoms with van der Waals surface area (Å²) in [5, 5.41) is 16.0. The molecule has 0 fully saturated rings. The van der Waals surface area contributed by atoms with E-state index < -0.39 is 10.8 Å². The summed E-state index contributed by atoms with van der Waals surface area (Å²) in [6.07, 6.45) is 2.74. The lowest BCUT2D eigenvalue weighted by atomic mass is 10.2. The summed E-state index contributed by atoms with van der Waals surface area (Å²) in [4.78, 5) is 33.5. The van der Waals surface area contributed by atoms with Gasteiger partial charge in [0.2, 0.25) is 11.8 Å². The van der Waals surface area contributed by atoms with E-state index in [0.717, 1.165) is 0 Å². The van der Waals surface area contributed by atoms with Crippen LogP contribution >= 0.6 is 0 Å². The molecule has 0 aromatic heterocycles. The Bertz CT molecular complexity index is 877. The number of amides is 2. The third kappa shape index (κ3) is 5.17. The van der Waals surface area contributed by atoms with Gasteiger partial charge < -0.3 is 15.4 Å². The van der Waals surface area contributed by atoms with Gasteiger partial charge in [-0.25, -0.2) is 0 Å². The molecule has 0 aliphatic carbocycles. The van der Waals surface area contributed by atoms with Crippen LogP contribution in [0.2, 0.25) is 0 Å². The predicted octanol–water partition coefficient (Wildman–Crippen LogP) is 3.21. The van der Waals surface area contributed by atoms with E-state index in [9.17, 15) is 19.7 Å². The molecule has 0 saturated heterocycles. The summed E-state index contributed by atoms with van der Waals surface area (Å²) in [5.41, 5.74) is 1.37. The van der Waals surface area contributed by atoms with Crippen LogP contribution in [0.25, 0.3) is 6.08 Å². The molecule has 8 heteroatoms.